The van der Waals surface area contributed by atoms with Crippen LogP contribution in [0.3, 0.4) is 0 Å². The number of hydrogen-bond donors (Lipinski definition) is 0. The van der Waals surface area contributed by atoms with Gasteiger partial charge in [-0.15, -0.1) is 19.1 Å². The minimum absolute atomic E-state index is 1.22. The smallest absolute Gasteiger partial charge is 0.00863 e. The van der Waals surface area contributed by atoms with E-state index in [0.717, 1.165) is 0 Å². The molecule has 0 aliphatic heterocycles. The number of hydrogen-bond acceptors (Lipinski definition) is 1. The summed E-state index contributed by atoms with van der Waals surface area (Å²) in [6.07, 6.45) is 5.07. The van der Waals surface area contributed by atoms with Crippen LogP contribution in [0, 0.1) is 0 Å². The topological polar surface area (TPSA) is 9.23 Å². The monoisotopic (exact) mass is 234 g/mol. The Morgan fingerprint density at radius 2 is 1.94 bits per heavy atom. The first-order chi connectivity index (χ1) is 7.61. The SMILES string of the molecule is CO[Si-](C)(C)CCCc1ccc2c(c1)CC2. The Morgan fingerprint density at radius 1 is 1.19 bits per heavy atom. The molecule has 1 aliphatic carbocycles. The van der Waals surface area contributed by atoms with E-state index in [2.05, 4.69) is 31.3 Å². The largest absolute Gasteiger partial charge is 0.567 e. The van der Waals surface area contributed by atoms with Gasteiger partial charge in [-0.3, -0.25) is 0 Å². The molecular formula is C14H22OSi-. The average molecular weight is 234 g/mol. The standard InChI is InChI=1S/C14H22OSi/c1-15-16(2,3)10-4-5-12-6-7-13-8-9-14(13)11-12/h6-7,11H,4-5,8-10H2,1-3H3/q-1. The van der Waals surface area contributed by atoms with Gasteiger partial charge in [0.2, 0.25) is 0 Å². The van der Waals surface area contributed by atoms with Gasteiger partial charge in [0.25, 0.3) is 0 Å². The fourth-order valence-electron chi connectivity index (χ4n) is 2.22. The van der Waals surface area contributed by atoms with E-state index < -0.39 is 8.32 Å². The van der Waals surface area contributed by atoms with Crippen LogP contribution in [0.25, 0.3) is 0 Å². The first-order valence-corrected chi connectivity index (χ1v) is 9.38. The van der Waals surface area contributed by atoms with Crippen molar-refractivity contribution in [2.24, 2.45) is 0 Å². The zero-order valence-corrected chi connectivity index (χ0v) is 11.7. The van der Waals surface area contributed by atoms with Crippen molar-refractivity contribution in [1.82, 2.24) is 0 Å². The third kappa shape index (κ3) is 2.74. The van der Waals surface area contributed by atoms with E-state index in [4.69, 9.17) is 4.43 Å². The highest BCUT2D eigenvalue weighted by Crippen LogP contribution is 2.24. The molecule has 1 aromatic carbocycles. The molecule has 0 heterocycles. The van der Waals surface area contributed by atoms with Crippen LogP contribution in [0.2, 0.25) is 19.1 Å². The lowest BCUT2D eigenvalue weighted by atomic mass is 9.87. The van der Waals surface area contributed by atoms with E-state index in [1.807, 2.05) is 7.11 Å². The third-order valence-corrected chi connectivity index (χ3v) is 6.39. The van der Waals surface area contributed by atoms with Crippen LogP contribution in [-0.2, 0) is 23.7 Å². The van der Waals surface area contributed by atoms with Crippen molar-refractivity contribution in [3.8, 4) is 0 Å². The van der Waals surface area contributed by atoms with Gasteiger partial charge in [-0.25, -0.2) is 0 Å². The maximum atomic E-state index is 5.57. The summed E-state index contributed by atoms with van der Waals surface area (Å²) in [6.45, 7) is 4.59. The Labute approximate surface area is 100.0 Å². The third-order valence-electron chi connectivity index (χ3n) is 3.73. The van der Waals surface area contributed by atoms with Crippen molar-refractivity contribution in [3.05, 3.63) is 34.9 Å². The summed E-state index contributed by atoms with van der Waals surface area (Å²) < 4.78 is 5.57. The first kappa shape index (κ1) is 11.9. The summed E-state index contributed by atoms with van der Waals surface area (Å²) in [7, 11) is 0.517. The van der Waals surface area contributed by atoms with Crippen LogP contribution in [0.15, 0.2) is 18.2 Å². The predicted molar refractivity (Wildman–Crippen MR) is 71.5 cm³/mol. The molecule has 0 unspecified atom stereocenters. The molecule has 0 fully saturated rings. The van der Waals surface area contributed by atoms with E-state index in [0.29, 0.717) is 0 Å². The second-order valence-electron chi connectivity index (χ2n) is 5.42. The summed E-state index contributed by atoms with van der Waals surface area (Å²) in [6, 6.07) is 8.28. The Balaban J connectivity index is 1.83. The van der Waals surface area contributed by atoms with E-state index in [1.165, 1.54) is 37.3 Å². The Hall–Kier alpha value is -0.603. The van der Waals surface area contributed by atoms with Gasteiger partial charge in [0.15, 0.2) is 0 Å². The molecule has 0 saturated carbocycles. The molecule has 2 heteroatoms. The maximum Gasteiger partial charge on any atom is -0.00863 e. The Bertz CT molecular complexity index is 371. The molecule has 1 nitrogen and oxygen atoms in total. The molecule has 1 aliphatic rings. The summed E-state index contributed by atoms with van der Waals surface area (Å²) in [5.74, 6) is 0. The van der Waals surface area contributed by atoms with Crippen LogP contribution >= 0.6 is 0 Å². The van der Waals surface area contributed by atoms with Gasteiger partial charge in [0, 0.05) is 0 Å². The van der Waals surface area contributed by atoms with Gasteiger partial charge in [0.05, 0.1) is 0 Å². The number of aryl methyl sites for hydroxylation is 3. The quantitative estimate of drug-likeness (QED) is 0.708. The summed E-state index contributed by atoms with van der Waals surface area (Å²) in [5.41, 5.74) is 4.66. The molecule has 0 bridgehead atoms. The molecular weight excluding hydrogens is 212 g/mol. The van der Waals surface area contributed by atoms with Crippen molar-refractivity contribution in [3.63, 3.8) is 0 Å². The zero-order chi connectivity index (χ0) is 11.6. The maximum absolute atomic E-state index is 5.57. The molecule has 0 amide bonds. The summed E-state index contributed by atoms with van der Waals surface area (Å²) in [4.78, 5) is 0. The lowest BCUT2D eigenvalue weighted by Crippen LogP contribution is -2.28. The van der Waals surface area contributed by atoms with Crippen LogP contribution < -0.4 is 0 Å². The van der Waals surface area contributed by atoms with Gasteiger partial charge in [-0.1, -0.05) is 24.6 Å². The van der Waals surface area contributed by atoms with E-state index in [9.17, 15) is 0 Å². The highest BCUT2D eigenvalue weighted by molar-refractivity contribution is 6.71. The van der Waals surface area contributed by atoms with Crippen molar-refractivity contribution in [1.29, 1.82) is 0 Å². The molecule has 0 N–H and O–H groups in total. The zero-order valence-electron chi connectivity index (χ0n) is 10.7. The minimum atomic E-state index is -1.34. The molecule has 89 valence electrons. The number of fused-ring (bicyclic) bond motifs is 1. The van der Waals surface area contributed by atoms with Gasteiger partial charge in [-0.2, -0.15) is 0 Å². The van der Waals surface area contributed by atoms with E-state index in [-0.39, 0.29) is 0 Å². The van der Waals surface area contributed by atoms with Crippen molar-refractivity contribution in [2.75, 3.05) is 7.11 Å². The van der Waals surface area contributed by atoms with Gasteiger partial charge >= 0.3 is 0 Å². The van der Waals surface area contributed by atoms with Crippen LogP contribution in [0.5, 0.6) is 0 Å². The molecule has 1 aromatic rings. The molecule has 0 atom stereocenters. The molecule has 0 aromatic heterocycles. The van der Waals surface area contributed by atoms with Gasteiger partial charge in [0.1, 0.15) is 0 Å². The first-order valence-electron chi connectivity index (χ1n) is 6.26. The second kappa shape index (κ2) is 4.72. The van der Waals surface area contributed by atoms with Gasteiger partial charge in [-0.05, 0) is 51.4 Å². The van der Waals surface area contributed by atoms with Crippen molar-refractivity contribution >= 4 is 8.32 Å². The Morgan fingerprint density at radius 3 is 2.50 bits per heavy atom. The number of benzene rings is 1. The minimum Gasteiger partial charge on any atom is -0.567 e. The fraction of sp³-hybridized carbons (Fsp3) is 0.571. The lowest BCUT2D eigenvalue weighted by molar-refractivity contribution is 0.402. The number of rotatable bonds is 5. The molecule has 0 saturated heterocycles. The molecule has 2 rings (SSSR count). The highest BCUT2D eigenvalue weighted by Gasteiger charge is 2.12. The second-order valence-corrected chi connectivity index (χ2v) is 9.85. The molecule has 0 spiro atoms. The van der Waals surface area contributed by atoms with Crippen LogP contribution in [0.1, 0.15) is 23.1 Å². The predicted octanol–water partition coefficient (Wildman–Crippen LogP) is 3.57. The molecule has 16 heavy (non-hydrogen) atoms. The highest BCUT2D eigenvalue weighted by atomic mass is 28.4. The summed E-state index contributed by atoms with van der Waals surface area (Å²) >= 11 is 0. The van der Waals surface area contributed by atoms with E-state index in [1.54, 1.807) is 11.1 Å². The van der Waals surface area contributed by atoms with Crippen LogP contribution in [-0.4, -0.2) is 15.4 Å². The fourth-order valence-corrected chi connectivity index (χ4v) is 3.46. The van der Waals surface area contributed by atoms with Crippen molar-refractivity contribution < 1.29 is 4.43 Å². The van der Waals surface area contributed by atoms with Crippen molar-refractivity contribution in [2.45, 2.75) is 44.8 Å². The normalized spacial score (nSPS) is 14.4. The average Bonchev–Trinajstić information content (AvgIpc) is 2.22. The Kier molecular flexibility index (Phi) is 3.50. The molecule has 0 radical (unpaired) electrons. The van der Waals surface area contributed by atoms with Crippen LogP contribution in [0.4, 0.5) is 0 Å². The summed E-state index contributed by atoms with van der Waals surface area (Å²) in [5, 5.41) is 0. The lowest BCUT2D eigenvalue weighted by Gasteiger charge is -2.32. The van der Waals surface area contributed by atoms with Gasteiger partial charge < -0.3 is 4.43 Å². The van der Waals surface area contributed by atoms with E-state index >= 15 is 0 Å².